The molecule has 17 unspecified atom stereocenters. The van der Waals surface area contributed by atoms with Crippen LogP contribution in [0.5, 0.6) is 0 Å². The topological polar surface area (TPSA) is 307 Å². The summed E-state index contributed by atoms with van der Waals surface area (Å²) in [7, 11) is 0. The normalized spacial score (nSPS) is 30.3. The van der Waals surface area contributed by atoms with Crippen molar-refractivity contribution in [1.82, 2.24) is 5.32 Å². The molecule has 17 atom stereocenters. The average molecular weight is 1140 g/mol. The summed E-state index contributed by atoms with van der Waals surface area (Å²) in [5.74, 6) is -0.274. The van der Waals surface area contributed by atoms with E-state index in [0.717, 1.165) is 44.9 Å². The molecule has 79 heavy (non-hydrogen) atoms. The lowest BCUT2D eigenvalue weighted by molar-refractivity contribution is -0.379. The van der Waals surface area contributed by atoms with E-state index in [4.69, 9.17) is 28.4 Å². The van der Waals surface area contributed by atoms with Gasteiger partial charge in [-0.3, -0.25) is 4.79 Å². The first-order valence-corrected chi connectivity index (χ1v) is 31.4. The van der Waals surface area contributed by atoms with Gasteiger partial charge in [-0.05, 0) is 19.3 Å². The Morgan fingerprint density at radius 3 is 1.19 bits per heavy atom. The van der Waals surface area contributed by atoms with E-state index in [1.807, 2.05) is 6.08 Å². The molecule has 3 fully saturated rings. The molecular weight excluding hydrogens is 1020 g/mol. The second kappa shape index (κ2) is 44.1. The maximum absolute atomic E-state index is 13.3. The van der Waals surface area contributed by atoms with Crippen molar-refractivity contribution in [1.29, 1.82) is 0 Å². The number of nitrogens with one attached hydrogen (secondary N) is 1. The standard InChI is InChI=1S/C60H113NO18/c1-3-5-7-9-11-13-15-17-18-19-20-21-22-23-24-25-26-27-29-31-33-35-37-44(65)43(61-48(66)38-36-34-32-30-28-16-14-12-10-8-6-4-2)42-74-58-54(72)51(69)56(46(40-63)76-58)79-60-55(73)52(70)57(47(41-64)77-60)78-59-53(71)50(68)49(67)45(39-62)75-59/h35,37,43-47,49-60,62-65,67-73H,3-34,36,38-42H2,1-2H3,(H,61,66)/b37-35+. The monoisotopic (exact) mass is 1140 g/mol. The number of hydrogen-bond acceptors (Lipinski definition) is 18. The Hall–Kier alpha value is -1.47. The Balaban J connectivity index is 1.47. The van der Waals surface area contributed by atoms with Crippen LogP contribution in [-0.4, -0.2) is 193 Å². The predicted octanol–water partition coefficient (Wildman–Crippen LogP) is 6.16. The van der Waals surface area contributed by atoms with E-state index < -0.39 is 124 Å². The number of hydrogen-bond donors (Lipinski definition) is 12. The van der Waals surface area contributed by atoms with Gasteiger partial charge in [0.25, 0.3) is 0 Å². The molecule has 3 heterocycles. The second-order valence-corrected chi connectivity index (χ2v) is 22.9. The molecule has 0 aromatic carbocycles. The summed E-state index contributed by atoms with van der Waals surface area (Å²) in [5, 5.41) is 120. The molecule has 3 saturated heterocycles. The van der Waals surface area contributed by atoms with Crippen LogP contribution in [0.25, 0.3) is 0 Å². The van der Waals surface area contributed by atoms with E-state index in [0.29, 0.717) is 6.42 Å². The zero-order valence-electron chi connectivity index (χ0n) is 48.6. The molecule has 3 aliphatic heterocycles. The van der Waals surface area contributed by atoms with Crippen molar-refractivity contribution in [2.24, 2.45) is 0 Å². The van der Waals surface area contributed by atoms with Gasteiger partial charge in [-0.2, -0.15) is 0 Å². The van der Waals surface area contributed by atoms with Gasteiger partial charge in [0.15, 0.2) is 18.9 Å². The van der Waals surface area contributed by atoms with Crippen LogP contribution in [0.2, 0.25) is 0 Å². The lowest BCUT2D eigenvalue weighted by Gasteiger charge is -2.48. The molecule has 19 heteroatoms. The van der Waals surface area contributed by atoms with Gasteiger partial charge < -0.3 is 89.9 Å². The SMILES string of the molecule is CCCCCCCCCCCCCCCCCCCCCC/C=C/C(O)C(COC1OC(CO)C(OC2OC(CO)C(OC3OC(CO)C(O)C(O)C3O)C(O)C2O)C(O)C1O)NC(=O)CCCCCCCCCCCCCC. The third-order valence-electron chi connectivity index (χ3n) is 16.1. The number of rotatable bonds is 47. The fraction of sp³-hybridized carbons (Fsp3) is 0.950. The first-order valence-electron chi connectivity index (χ1n) is 31.4. The van der Waals surface area contributed by atoms with Crippen molar-refractivity contribution in [2.75, 3.05) is 26.4 Å². The van der Waals surface area contributed by atoms with Crippen molar-refractivity contribution >= 4 is 5.91 Å². The zero-order chi connectivity index (χ0) is 57.6. The molecule has 0 aromatic heterocycles. The van der Waals surface area contributed by atoms with Crippen LogP contribution in [0.4, 0.5) is 0 Å². The molecule has 0 radical (unpaired) electrons. The summed E-state index contributed by atoms with van der Waals surface area (Å²) in [5.41, 5.74) is 0. The summed E-state index contributed by atoms with van der Waals surface area (Å²) in [6.07, 6.45) is 17.7. The van der Waals surface area contributed by atoms with Gasteiger partial charge in [-0.15, -0.1) is 0 Å². The van der Waals surface area contributed by atoms with Gasteiger partial charge in [-0.1, -0.05) is 219 Å². The molecule has 0 spiro atoms. The lowest BCUT2D eigenvalue weighted by atomic mass is 9.96. The average Bonchev–Trinajstić information content (AvgIpc) is 3.49. The fourth-order valence-corrected chi connectivity index (χ4v) is 10.9. The summed E-state index contributed by atoms with van der Waals surface area (Å²) in [6.45, 7) is 1.73. The molecule has 1 amide bonds. The van der Waals surface area contributed by atoms with Crippen LogP contribution in [0.1, 0.15) is 232 Å². The van der Waals surface area contributed by atoms with Gasteiger partial charge in [-0.25, -0.2) is 0 Å². The highest BCUT2D eigenvalue weighted by Crippen LogP contribution is 2.33. The highest BCUT2D eigenvalue weighted by molar-refractivity contribution is 5.76. The fourth-order valence-electron chi connectivity index (χ4n) is 10.9. The third-order valence-corrected chi connectivity index (χ3v) is 16.1. The highest BCUT2D eigenvalue weighted by Gasteiger charge is 2.53. The van der Waals surface area contributed by atoms with Gasteiger partial charge in [0.05, 0.1) is 38.6 Å². The van der Waals surface area contributed by atoms with E-state index in [-0.39, 0.29) is 18.9 Å². The molecule has 0 saturated carbocycles. The van der Waals surface area contributed by atoms with Crippen molar-refractivity contribution in [3.63, 3.8) is 0 Å². The van der Waals surface area contributed by atoms with Gasteiger partial charge in [0.1, 0.15) is 73.2 Å². The smallest absolute Gasteiger partial charge is 0.220 e. The first kappa shape index (κ1) is 71.8. The van der Waals surface area contributed by atoms with Crippen molar-refractivity contribution in [2.45, 2.75) is 336 Å². The number of aliphatic hydroxyl groups is 11. The van der Waals surface area contributed by atoms with Gasteiger partial charge in [0, 0.05) is 6.42 Å². The van der Waals surface area contributed by atoms with E-state index >= 15 is 0 Å². The minimum Gasteiger partial charge on any atom is -0.394 e. The predicted molar refractivity (Wildman–Crippen MR) is 300 cm³/mol. The van der Waals surface area contributed by atoms with Crippen LogP contribution in [0.3, 0.4) is 0 Å². The summed E-state index contributed by atoms with van der Waals surface area (Å²) in [4.78, 5) is 13.3. The molecule has 3 aliphatic rings. The molecule has 0 aromatic rings. The largest absolute Gasteiger partial charge is 0.394 e. The number of carbonyl (C=O) groups excluding carboxylic acids is 1. The molecule has 19 nitrogen and oxygen atoms in total. The van der Waals surface area contributed by atoms with Crippen molar-refractivity contribution < 1.29 is 89.4 Å². The maximum atomic E-state index is 13.3. The molecule has 0 bridgehead atoms. The maximum Gasteiger partial charge on any atom is 0.220 e. The van der Waals surface area contributed by atoms with Crippen LogP contribution in [0, 0.1) is 0 Å². The van der Waals surface area contributed by atoms with Gasteiger partial charge in [0.2, 0.25) is 5.91 Å². The van der Waals surface area contributed by atoms with E-state index in [1.165, 1.54) is 161 Å². The Morgan fingerprint density at radius 1 is 0.443 bits per heavy atom. The number of aliphatic hydroxyl groups excluding tert-OH is 11. The lowest BCUT2D eigenvalue weighted by Crippen LogP contribution is -2.66. The quantitative estimate of drug-likeness (QED) is 0.0240. The van der Waals surface area contributed by atoms with Crippen LogP contribution in [-0.2, 0) is 33.2 Å². The Kier molecular flexibility index (Phi) is 40.1. The Labute approximate surface area is 474 Å². The first-order chi connectivity index (χ1) is 38.3. The number of carbonyl (C=O) groups is 1. The van der Waals surface area contributed by atoms with E-state index in [2.05, 4.69) is 19.2 Å². The summed E-state index contributed by atoms with van der Waals surface area (Å²) >= 11 is 0. The van der Waals surface area contributed by atoms with Crippen molar-refractivity contribution in [3.8, 4) is 0 Å². The number of amides is 1. The van der Waals surface area contributed by atoms with Crippen molar-refractivity contribution in [3.05, 3.63) is 12.2 Å². The third kappa shape index (κ3) is 27.9. The second-order valence-electron chi connectivity index (χ2n) is 22.9. The highest BCUT2D eigenvalue weighted by atomic mass is 16.8. The van der Waals surface area contributed by atoms with Crippen LogP contribution in [0.15, 0.2) is 12.2 Å². The minimum atomic E-state index is -1.97. The minimum absolute atomic E-state index is 0.248. The molecule has 3 rings (SSSR count). The van der Waals surface area contributed by atoms with E-state index in [9.17, 15) is 61.0 Å². The van der Waals surface area contributed by atoms with Crippen LogP contribution < -0.4 is 5.32 Å². The Bertz CT molecular complexity index is 1500. The molecule has 466 valence electrons. The number of ether oxygens (including phenoxy) is 6. The molecule has 0 aliphatic carbocycles. The molecule has 12 N–H and O–H groups in total. The number of unbranched alkanes of at least 4 members (excludes halogenated alkanes) is 31. The van der Waals surface area contributed by atoms with E-state index in [1.54, 1.807) is 6.08 Å². The zero-order valence-corrected chi connectivity index (χ0v) is 48.6. The molecular formula is C60H113NO18. The van der Waals surface area contributed by atoms with Gasteiger partial charge >= 0.3 is 0 Å². The summed E-state index contributed by atoms with van der Waals surface area (Å²) in [6, 6.07) is -0.966. The van der Waals surface area contributed by atoms with Crippen LogP contribution >= 0.6 is 0 Å². The summed E-state index contributed by atoms with van der Waals surface area (Å²) < 4.78 is 34.3. The number of allylic oxidation sites excluding steroid dienone is 1. The Morgan fingerprint density at radius 2 is 0.785 bits per heavy atom.